The van der Waals surface area contributed by atoms with Gasteiger partial charge in [-0.1, -0.05) is 65.9 Å². The third-order valence-electron chi connectivity index (χ3n) is 5.23. The summed E-state index contributed by atoms with van der Waals surface area (Å²) in [5, 5.41) is 22.4. The second-order valence-corrected chi connectivity index (χ2v) is 7.52. The lowest BCUT2D eigenvalue weighted by Gasteiger charge is -2.16. The molecule has 0 radical (unpaired) electrons. The Morgan fingerprint density at radius 3 is 2.50 bits per heavy atom. The summed E-state index contributed by atoms with van der Waals surface area (Å²) in [6.07, 6.45) is 2.27. The Hall–Kier alpha value is -4.04. The van der Waals surface area contributed by atoms with Crippen LogP contribution in [0, 0.1) is 0 Å². The van der Waals surface area contributed by atoms with E-state index in [0.717, 1.165) is 16.3 Å². The zero-order valence-electron chi connectivity index (χ0n) is 17.3. The van der Waals surface area contributed by atoms with Gasteiger partial charge in [0, 0.05) is 5.56 Å². The molecule has 0 bridgehead atoms. The van der Waals surface area contributed by atoms with E-state index in [1.807, 2.05) is 42.5 Å². The van der Waals surface area contributed by atoms with Gasteiger partial charge in [0.1, 0.15) is 5.69 Å². The van der Waals surface area contributed by atoms with Crippen molar-refractivity contribution in [2.24, 2.45) is 0 Å². The quantitative estimate of drug-likeness (QED) is 0.295. The van der Waals surface area contributed by atoms with Crippen molar-refractivity contribution in [1.82, 2.24) is 25.8 Å². The van der Waals surface area contributed by atoms with Crippen LogP contribution in [0.2, 0.25) is 0 Å². The maximum Gasteiger partial charge on any atom is 0.251 e. The molecule has 32 heavy (non-hydrogen) atoms. The standard InChI is InChI=1S/C24H23N5O3/c30-23(27-32)14-22(13-17-10-11-18-6-4-5-9-20(18)12-17)29-16-21(26-28-29)15-25-24(31)19-7-2-1-3-8-19/h1-12,16,22,32H,13-15H2,(H,25,31)(H,27,30)/t22-/m1/s1. The average Bonchev–Trinajstić information content (AvgIpc) is 3.31. The molecule has 0 saturated carbocycles. The number of benzene rings is 3. The van der Waals surface area contributed by atoms with E-state index in [0.29, 0.717) is 17.7 Å². The van der Waals surface area contributed by atoms with Crippen molar-refractivity contribution in [2.45, 2.75) is 25.4 Å². The summed E-state index contributed by atoms with van der Waals surface area (Å²) in [6.45, 7) is 0.211. The minimum absolute atomic E-state index is 0.0303. The summed E-state index contributed by atoms with van der Waals surface area (Å²) in [6, 6.07) is 22.8. The van der Waals surface area contributed by atoms with Gasteiger partial charge in [-0.25, -0.2) is 10.2 Å². The molecule has 0 spiro atoms. The van der Waals surface area contributed by atoms with Crippen LogP contribution in [0.15, 0.2) is 79.0 Å². The number of hydrogen-bond donors (Lipinski definition) is 3. The van der Waals surface area contributed by atoms with Crippen LogP contribution >= 0.6 is 0 Å². The highest BCUT2D eigenvalue weighted by Crippen LogP contribution is 2.22. The van der Waals surface area contributed by atoms with Crippen molar-refractivity contribution in [3.63, 3.8) is 0 Å². The number of rotatable bonds is 8. The second-order valence-electron chi connectivity index (χ2n) is 7.52. The summed E-state index contributed by atoms with van der Waals surface area (Å²) in [7, 11) is 0. The summed E-state index contributed by atoms with van der Waals surface area (Å²) in [5.41, 5.74) is 3.86. The van der Waals surface area contributed by atoms with E-state index >= 15 is 0 Å². The van der Waals surface area contributed by atoms with Gasteiger partial charge in [-0.15, -0.1) is 5.10 Å². The van der Waals surface area contributed by atoms with Crippen LogP contribution in [0.4, 0.5) is 0 Å². The Kier molecular flexibility index (Phi) is 6.52. The predicted molar refractivity (Wildman–Crippen MR) is 119 cm³/mol. The molecule has 0 saturated heterocycles. The molecule has 1 heterocycles. The highest BCUT2D eigenvalue weighted by Gasteiger charge is 2.19. The predicted octanol–water partition coefficient (Wildman–Crippen LogP) is 3.04. The van der Waals surface area contributed by atoms with Gasteiger partial charge in [-0.3, -0.25) is 14.8 Å². The van der Waals surface area contributed by atoms with Crippen molar-refractivity contribution in [1.29, 1.82) is 0 Å². The lowest BCUT2D eigenvalue weighted by molar-refractivity contribution is -0.130. The average molecular weight is 429 g/mol. The van der Waals surface area contributed by atoms with Gasteiger partial charge in [0.05, 0.1) is 25.2 Å². The van der Waals surface area contributed by atoms with Crippen LogP contribution in [0.5, 0.6) is 0 Å². The van der Waals surface area contributed by atoms with Gasteiger partial charge in [0.25, 0.3) is 5.91 Å². The Morgan fingerprint density at radius 1 is 0.969 bits per heavy atom. The highest BCUT2D eigenvalue weighted by atomic mass is 16.5. The number of hydrogen-bond acceptors (Lipinski definition) is 5. The van der Waals surface area contributed by atoms with Crippen molar-refractivity contribution in [3.05, 3.63) is 95.8 Å². The van der Waals surface area contributed by atoms with Crippen molar-refractivity contribution < 1.29 is 14.8 Å². The smallest absolute Gasteiger partial charge is 0.251 e. The number of nitrogens with one attached hydrogen (secondary N) is 2. The van der Waals surface area contributed by atoms with Gasteiger partial charge in [-0.05, 0) is 34.9 Å². The minimum Gasteiger partial charge on any atom is -0.346 e. The Balaban J connectivity index is 1.48. The first-order valence-corrected chi connectivity index (χ1v) is 10.3. The van der Waals surface area contributed by atoms with E-state index in [9.17, 15) is 9.59 Å². The van der Waals surface area contributed by atoms with Crippen LogP contribution in [-0.2, 0) is 17.8 Å². The molecule has 0 aliphatic carbocycles. The van der Waals surface area contributed by atoms with Crippen LogP contribution in [0.3, 0.4) is 0 Å². The van der Waals surface area contributed by atoms with Crippen molar-refractivity contribution in [3.8, 4) is 0 Å². The largest absolute Gasteiger partial charge is 0.346 e. The second kappa shape index (κ2) is 9.84. The summed E-state index contributed by atoms with van der Waals surface area (Å²) >= 11 is 0. The molecule has 0 fully saturated rings. The van der Waals surface area contributed by atoms with E-state index in [2.05, 4.69) is 21.7 Å². The number of fused-ring (bicyclic) bond motifs is 1. The number of hydroxylamine groups is 1. The van der Waals surface area contributed by atoms with E-state index < -0.39 is 5.91 Å². The van der Waals surface area contributed by atoms with Crippen LogP contribution in [-0.4, -0.2) is 32.0 Å². The fourth-order valence-corrected chi connectivity index (χ4v) is 3.59. The van der Waals surface area contributed by atoms with Gasteiger partial charge in [-0.2, -0.15) is 0 Å². The van der Waals surface area contributed by atoms with Crippen LogP contribution < -0.4 is 10.8 Å². The molecule has 2 amide bonds. The monoisotopic (exact) mass is 429 g/mol. The fraction of sp³-hybridized carbons (Fsp3) is 0.167. The molecule has 8 nitrogen and oxygen atoms in total. The lowest BCUT2D eigenvalue weighted by Crippen LogP contribution is -2.25. The fourth-order valence-electron chi connectivity index (χ4n) is 3.59. The Labute approximate surface area is 184 Å². The summed E-state index contributed by atoms with van der Waals surface area (Å²) < 4.78 is 1.61. The maximum atomic E-state index is 12.2. The first-order valence-electron chi connectivity index (χ1n) is 10.3. The topological polar surface area (TPSA) is 109 Å². The molecule has 8 heteroatoms. The minimum atomic E-state index is -0.509. The Bertz CT molecular complexity index is 1220. The van der Waals surface area contributed by atoms with Gasteiger partial charge in [0.15, 0.2) is 0 Å². The van der Waals surface area contributed by atoms with Gasteiger partial charge < -0.3 is 5.32 Å². The Morgan fingerprint density at radius 2 is 1.72 bits per heavy atom. The molecule has 0 unspecified atom stereocenters. The van der Waals surface area contributed by atoms with Crippen molar-refractivity contribution >= 4 is 22.6 Å². The van der Waals surface area contributed by atoms with E-state index in [-0.39, 0.29) is 24.9 Å². The highest BCUT2D eigenvalue weighted by molar-refractivity contribution is 5.94. The lowest BCUT2D eigenvalue weighted by atomic mass is 10.00. The van der Waals surface area contributed by atoms with Gasteiger partial charge >= 0.3 is 0 Å². The normalized spacial score (nSPS) is 11.8. The molecule has 0 aliphatic heterocycles. The van der Waals surface area contributed by atoms with Crippen molar-refractivity contribution in [2.75, 3.05) is 0 Å². The zero-order valence-corrected chi connectivity index (χ0v) is 17.3. The molecule has 162 valence electrons. The third kappa shape index (κ3) is 5.16. The number of carbonyl (C=O) groups is 2. The first-order chi connectivity index (χ1) is 15.6. The van der Waals surface area contributed by atoms with E-state index in [4.69, 9.17) is 5.21 Å². The molecule has 3 N–H and O–H groups in total. The number of amides is 2. The summed E-state index contributed by atoms with van der Waals surface area (Å²) in [4.78, 5) is 24.1. The maximum absolute atomic E-state index is 12.2. The molecule has 1 atom stereocenters. The molecule has 4 aromatic rings. The molecule has 3 aromatic carbocycles. The first kappa shape index (κ1) is 21.2. The molecular weight excluding hydrogens is 406 g/mol. The van der Waals surface area contributed by atoms with Crippen LogP contribution in [0.1, 0.15) is 34.1 Å². The molecule has 0 aliphatic rings. The number of aromatic nitrogens is 3. The zero-order chi connectivity index (χ0) is 22.3. The third-order valence-corrected chi connectivity index (χ3v) is 5.23. The van der Waals surface area contributed by atoms with Crippen LogP contribution in [0.25, 0.3) is 10.8 Å². The van der Waals surface area contributed by atoms with E-state index in [1.165, 1.54) is 0 Å². The number of nitrogens with zero attached hydrogens (tertiary/aromatic N) is 3. The SMILES string of the molecule is O=C(C[C@@H](Cc1ccc2ccccc2c1)n1cc(CNC(=O)c2ccccc2)nn1)NO. The summed E-state index contributed by atoms with van der Waals surface area (Å²) in [5.74, 6) is -0.710. The number of carbonyl (C=O) groups excluding carboxylic acids is 2. The van der Waals surface area contributed by atoms with Gasteiger partial charge in [0.2, 0.25) is 5.91 Å². The molecular formula is C24H23N5O3. The van der Waals surface area contributed by atoms with E-state index in [1.54, 1.807) is 40.6 Å². The molecule has 1 aromatic heterocycles. The molecule has 4 rings (SSSR count).